The highest BCUT2D eigenvalue weighted by molar-refractivity contribution is 7.98. The second kappa shape index (κ2) is 7.34. The number of nitrogens with one attached hydrogen (secondary N) is 1. The van der Waals surface area contributed by atoms with E-state index in [2.05, 4.69) is 17.1 Å². The molecule has 1 aliphatic rings. The van der Waals surface area contributed by atoms with Crippen LogP contribution >= 0.6 is 23.4 Å². The molecule has 1 aromatic carbocycles. The number of thioether (sulfide) groups is 1. The summed E-state index contributed by atoms with van der Waals surface area (Å²) in [6.07, 6.45) is 4.37. The summed E-state index contributed by atoms with van der Waals surface area (Å²) in [5.74, 6) is -0.0751. The summed E-state index contributed by atoms with van der Waals surface area (Å²) in [7, 11) is 0. The molecule has 0 aromatic heterocycles. The fraction of sp³-hybridized carbons (Fsp3) is 0.533. The molecule has 1 unspecified atom stereocenters. The van der Waals surface area contributed by atoms with E-state index in [-0.39, 0.29) is 5.91 Å². The quantitative estimate of drug-likeness (QED) is 0.847. The summed E-state index contributed by atoms with van der Waals surface area (Å²) in [6, 6.07) is 6.04. The minimum Gasteiger partial charge on any atom is -0.350 e. The molecule has 20 heavy (non-hydrogen) atoms. The van der Waals surface area contributed by atoms with Crippen LogP contribution < -0.4 is 5.32 Å². The Morgan fingerprint density at radius 2 is 2.35 bits per heavy atom. The Morgan fingerprint density at radius 1 is 1.55 bits per heavy atom. The van der Waals surface area contributed by atoms with Crippen LogP contribution in [0.3, 0.4) is 0 Å². The van der Waals surface area contributed by atoms with Crippen molar-refractivity contribution in [2.75, 3.05) is 25.9 Å². The number of carbonyl (C=O) groups excluding carboxylic acids is 1. The Morgan fingerprint density at radius 3 is 3.05 bits per heavy atom. The van der Waals surface area contributed by atoms with Gasteiger partial charge in [-0.05, 0) is 50.4 Å². The van der Waals surface area contributed by atoms with Crippen LogP contribution in [0.2, 0.25) is 5.02 Å². The number of likely N-dealkylation sites (N-methyl/N-ethyl adjacent to an activating group) is 1. The first-order valence-electron chi connectivity index (χ1n) is 7.01. The third-order valence-corrected chi connectivity index (χ3v) is 4.88. The molecule has 0 aliphatic carbocycles. The fourth-order valence-corrected chi connectivity index (χ4v) is 3.30. The van der Waals surface area contributed by atoms with Crippen LogP contribution in [0.5, 0.6) is 0 Å². The van der Waals surface area contributed by atoms with Gasteiger partial charge in [0.15, 0.2) is 0 Å². The molecule has 1 amide bonds. The van der Waals surface area contributed by atoms with E-state index in [1.807, 2.05) is 18.4 Å². The third-order valence-electron chi connectivity index (χ3n) is 3.82. The Balaban J connectivity index is 1.98. The summed E-state index contributed by atoms with van der Waals surface area (Å²) in [6.45, 7) is 5.05. The van der Waals surface area contributed by atoms with Crippen LogP contribution in [0.1, 0.15) is 30.1 Å². The number of likely N-dealkylation sites (tertiary alicyclic amines) is 1. The lowest BCUT2D eigenvalue weighted by atomic mass is 10.2. The van der Waals surface area contributed by atoms with Crippen LogP contribution in [0.15, 0.2) is 23.1 Å². The minimum atomic E-state index is -0.0751. The first kappa shape index (κ1) is 15.7. The number of carbonyl (C=O) groups is 1. The lowest BCUT2D eigenvalue weighted by molar-refractivity contribution is 0.0941. The van der Waals surface area contributed by atoms with E-state index in [9.17, 15) is 4.79 Å². The number of amides is 1. The van der Waals surface area contributed by atoms with Crippen molar-refractivity contribution in [2.45, 2.75) is 30.7 Å². The van der Waals surface area contributed by atoms with Gasteiger partial charge in [-0.1, -0.05) is 18.5 Å². The van der Waals surface area contributed by atoms with Crippen molar-refractivity contribution in [1.82, 2.24) is 10.2 Å². The number of halogens is 1. The average Bonchev–Trinajstić information content (AvgIpc) is 2.92. The molecule has 3 nitrogen and oxygen atoms in total. The molecule has 2 rings (SSSR count). The Labute approximate surface area is 130 Å². The van der Waals surface area contributed by atoms with Gasteiger partial charge in [0.1, 0.15) is 0 Å². The molecule has 1 N–H and O–H groups in total. The highest BCUT2D eigenvalue weighted by Crippen LogP contribution is 2.23. The molecule has 0 radical (unpaired) electrons. The van der Waals surface area contributed by atoms with Gasteiger partial charge in [0.25, 0.3) is 5.91 Å². The average molecular weight is 313 g/mol. The number of nitrogens with zero attached hydrogens (tertiary/aromatic N) is 1. The molecular formula is C15H21ClN2OS. The maximum absolute atomic E-state index is 12.3. The van der Waals surface area contributed by atoms with E-state index < -0.39 is 0 Å². The van der Waals surface area contributed by atoms with Gasteiger partial charge in [0.05, 0.1) is 10.6 Å². The topological polar surface area (TPSA) is 32.3 Å². The van der Waals surface area contributed by atoms with E-state index in [1.165, 1.54) is 6.42 Å². The first-order valence-corrected chi connectivity index (χ1v) is 8.61. The number of hydrogen-bond acceptors (Lipinski definition) is 3. The van der Waals surface area contributed by atoms with Gasteiger partial charge in [-0.3, -0.25) is 9.69 Å². The Kier molecular flexibility index (Phi) is 5.75. The smallest absolute Gasteiger partial charge is 0.252 e. The van der Waals surface area contributed by atoms with Crippen LogP contribution in [0, 0.1) is 0 Å². The molecule has 1 heterocycles. The van der Waals surface area contributed by atoms with Crippen molar-refractivity contribution in [2.24, 2.45) is 0 Å². The molecule has 1 saturated heterocycles. The molecule has 0 bridgehead atoms. The van der Waals surface area contributed by atoms with Crippen molar-refractivity contribution in [3.8, 4) is 0 Å². The summed E-state index contributed by atoms with van der Waals surface area (Å²) in [5.41, 5.74) is 0.569. The zero-order valence-corrected chi connectivity index (χ0v) is 13.6. The second-order valence-corrected chi connectivity index (χ2v) is 6.27. The van der Waals surface area contributed by atoms with Gasteiger partial charge in [-0.2, -0.15) is 0 Å². The third kappa shape index (κ3) is 3.68. The number of hydrogen-bond donors (Lipinski definition) is 1. The highest BCUT2D eigenvalue weighted by Gasteiger charge is 2.23. The van der Waals surface area contributed by atoms with E-state index in [4.69, 9.17) is 11.6 Å². The summed E-state index contributed by atoms with van der Waals surface area (Å²) < 4.78 is 0. The van der Waals surface area contributed by atoms with Crippen LogP contribution in [-0.4, -0.2) is 42.7 Å². The molecule has 110 valence electrons. The van der Waals surface area contributed by atoms with Gasteiger partial charge in [0, 0.05) is 17.5 Å². The van der Waals surface area contributed by atoms with E-state index in [1.54, 1.807) is 17.8 Å². The van der Waals surface area contributed by atoms with Gasteiger partial charge >= 0.3 is 0 Å². The van der Waals surface area contributed by atoms with Gasteiger partial charge in [0.2, 0.25) is 0 Å². The Bertz CT molecular complexity index is 481. The largest absolute Gasteiger partial charge is 0.350 e. The SMILES string of the molecule is CCN1CCCC1CNC(=O)c1cc(SC)ccc1Cl. The van der Waals surface area contributed by atoms with Gasteiger partial charge in [-0.25, -0.2) is 0 Å². The first-order chi connectivity index (χ1) is 9.65. The normalized spacial score (nSPS) is 19.2. The zero-order chi connectivity index (χ0) is 14.5. The number of rotatable bonds is 5. The molecule has 1 fully saturated rings. The number of benzene rings is 1. The molecule has 1 aliphatic heterocycles. The fourth-order valence-electron chi connectivity index (χ4n) is 2.65. The molecule has 0 spiro atoms. The maximum atomic E-state index is 12.3. The zero-order valence-electron chi connectivity index (χ0n) is 12.0. The molecule has 1 aromatic rings. The van der Waals surface area contributed by atoms with E-state index >= 15 is 0 Å². The van der Waals surface area contributed by atoms with Crippen molar-refractivity contribution in [1.29, 1.82) is 0 Å². The van der Waals surface area contributed by atoms with E-state index in [0.717, 1.165) is 24.4 Å². The van der Waals surface area contributed by atoms with E-state index in [0.29, 0.717) is 23.2 Å². The summed E-state index contributed by atoms with van der Waals surface area (Å²) in [4.78, 5) is 15.7. The van der Waals surface area contributed by atoms with Crippen LogP contribution in [-0.2, 0) is 0 Å². The summed E-state index contributed by atoms with van der Waals surface area (Å²) in [5, 5.41) is 3.54. The molecule has 5 heteroatoms. The molecular weight excluding hydrogens is 292 g/mol. The van der Waals surface area contributed by atoms with Crippen LogP contribution in [0.4, 0.5) is 0 Å². The maximum Gasteiger partial charge on any atom is 0.252 e. The molecule has 1 atom stereocenters. The van der Waals surface area contributed by atoms with Crippen molar-refractivity contribution in [3.63, 3.8) is 0 Å². The van der Waals surface area contributed by atoms with Gasteiger partial charge < -0.3 is 5.32 Å². The summed E-state index contributed by atoms with van der Waals surface area (Å²) >= 11 is 7.73. The lowest BCUT2D eigenvalue weighted by Gasteiger charge is -2.23. The Hall–Kier alpha value is -0.710. The lowest BCUT2D eigenvalue weighted by Crippen LogP contribution is -2.40. The monoisotopic (exact) mass is 312 g/mol. The molecule has 0 saturated carbocycles. The van der Waals surface area contributed by atoms with Gasteiger partial charge in [-0.15, -0.1) is 11.8 Å². The predicted molar refractivity (Wildman–Crippen MR) is 85.8 cm³/mol. The van der Waals surface area contributed by atoms with Crippen molar-refractivity contribution < 1.29 is 4.79 Å². The van der Waals surface area contributed by atoms with Crippen LogP contribution in [0.25, 0.3) is 0 Å². The van der Waals surface area contributed by atoms with Crippen molar-refractivity contribution >= 4 is 29.3 Å². The minimum absolute atomic E-state index is 0.0751. The highest BCUT2D eigenvalue weighted by atomic mass is 35.5. The second-order valence-electron chi connectivity index (χ2n) is 4.98. The van der Waals surface area contributed by atoms with Crippen molar-refractivity contribution in [3.05, 3.63) is 28.8 Å². The standard InChI is InChI=1S/C15H21ClN2OS/c1-3-18-8-4-5-11(18)10-17-15(19)13-9-12(20-2)6-7-14(13)16/h6-7,9,11H,3-5,8,10H2,1-2H3,(H,17,19). The predicted octanol–water partition coefficient (Wildman–Crippen LogP) is 3.28.